The van der Waals surface area contributed by atoms with E-state index in [0.29, 0.717) is 17.4 Å². The fourth-order valence-corrected chi connectivity index (χ4v) is 3.56. The first kappa shape index (κ1) is 13.5. The molecule has 100 valence electrons. The predicted molar refractivity (Wildman–Crippen MR) is 72.0 cm³/mol. The summed E-state index contributed by atoms with van der Waals surface area (Å²) in [6.45, 7) is 7.67. The lowest BCUT2D eigenvalue weighted by Gasteiger charge is -2.56. The molecule has 2 atom stereocenters. The molecule has 0 bridgehead atoms. The van der Waals surface area contributed by atoms with Crippen molar-refractivity contribution in [3.63, 3.8) is 0 Å². The van der Waals surface area contributed by atoms with Crippen LogP contribution in [0, 0.1) is 11.2 Å². The number of hydrogen-bond acceptors (Lipinski definition) is 2. The third kappa shape index (κ3) is 2.05. The Morgan fingerprint density at radius 2 is 2.06 bits per heavy atom. The molecule has 1 N–H and O–H groups in total. The molecule has 0 amide bonds. The lowest BCUT2D eigenvalue weighted by molar-refractivity contribution is 0.0188. The van der Waals surface area contributed by atoms with E-state index in [4.69, 9.17) is 0 Å². The Labute approximate surface area is 109 Å². The zero-order valence-corrected chi connectivity index (χ0v) is 11.5. The van der Waals surface area contributed by atoms with E-state index >= 15 is 0 Å². The average molecular weight is 250 g/mol. The average Bonchev–Trinajstić information content (AvgIpc) is 2.37. The molecule has 2 nitrogen and oxygen atoms in total. The summed E-state index contributed by atoms with van der Waals surface area (Å²) in [4.78, 5) is 4.28. The van der Waals surface area contributed by atoms with Crippen molar-refractivity contribution in [2.24, 2.45) is 5.41 Å². The smallest absolute Gasteiger partial charge is 0.141 e. The van der Waals surface area contributed by atoms with Gasteiger partial charge in [0.1, 0.15) is 5.82 Å². The number of rotatable bonds is 5. The van der Waals surface area contributed by atoms with Crippen molar-refractivity contribution in [3.8, 4) is 0 Å². The van der Waals surface area contributed by atoms with Gasteiger partial charge < -0.3 is 5.32 Å². The quantitative estimate of drug-likeness (QED) is 0.865. The molecule has 0 saturated heterocycles. The van der Waals surface area contributed by atoms with Gasteiger partial charge in [0.05, 0.1) is 6.20 Å². The molecule has 0 aliphatic heterocycles. The second-order valence-corrected chi connectivity index (χ2v) is 5.24. The largest absolute Gasteiger partial charge is 0.314 e. The van der Waals surface area contributed by atoms with Gasteiger partial charge in [-0.1, -0.05) is 20.8 Å². The number of aromatic nitrogens is 1. The molecule has 1 aliphatic carbocycles. The van der Waals surface area contributed by atoms with Crippen molar-refractivity contribution in [2.75, 3.05) is 6.54 Å². The summed E-state index contributed by atoms with van der Waals surface area (Å²) in [7, 11) is 0. The standard InChI is InChI=1S/C15H23FN2/c1-4-15(5-2)12(9-14(15)17-6-3)13-8-7-11(16)10-18-13/h7-8,10,12,14,17H,4-6,9H2,1-3H3. The van der Waals surface area contributed by atoms with Gasteiger partial charge in [0.2, 0.25) is 0 Å². The molecular weight excluding hydrogens is 227 g/mol. The molecule has 2 unspecified atom stereocenters. The first-order valence-corrected chi connectivity index (χ1v) is 7.02. The van der Waals surface area contributed by atoms with Gasteiger partial charge in [0.25, 0.3) is 0 Å². The summed E-state index contributed by atoms with van der Waals surface area (Å²) in [6, 6.07) is 3.95. The Kier molecular flexibility index (Phi) is 4.00. The van der Waals surface area contributed by atoms with Gasteiger partial charge in [-0.25, -0.2) is 4.39 Å². The topological polar surface area (TPSA) is 24.9 Å². The first-order chi connectivity index (χ1) is 8.67. The van der Waals surface area contributed by atoms with Crippen LogP contribution in [0.4, 0.5) is 4.39 Å². The molecule has 0 radical (unpaired) electrons. The Hall–Kier alpha value is -0.960. The Bertz CT molecular complexity index is 384. The number of nitrogens with zero attached hydrogens (tertiary/aromatic N) is 1. The van der Waals surface area contributed by atoms with Crippen LogP contribution in [0.1, 0.15) is 51.6 Å². The molecule has 3 heteroatoms. The van der Waals surface area contributed by atoms with E-state index in [1.54, 1.807) is 0 Å². The highest BCUT2D eigenvalue weighted by Crippen LogP contribution is 2.56. The highest BCUT2D eigenvalue weighted by Gasteiger charge is 2.53. The summed E-state index contributed by atoms with van der Waals surface area (Å²) in [6.07, 6.45) is 4.75. The number of pyridine rings is 1. The van der Waals surface area contributed by atoms with Crippen LogP contribution in [-0.2, 0) is 0 Å². The minimum atomic E-state index is -0.250. The van der Waals surface area contributed by atoms with Gasteiger partial charge >= 0.3 is 0 Å². The summed E-state index contributed by atoms with van der Waals surface area (Å²) in [5, 5.41) is 3.58. The maximum Gasteiger partial charge on any atom is 0.141 e. The normalized spacial score (nSPS) is 25.8. The van der Waals surface area contributed by atoms with Crippen molar-refractivity contribution in [1.82, 2.24) is 10.3 Å². The third-order valence-electron chi connectivity index (χ3n) is 4.73. The van der Waals surface area contributed by atoms with E-state index in [9.17, 15) is 4.39 Å². The Balaban J connectivity index is 2.21. The minimum absolute atomic E-state index is 0.250. The van der Waals surface area contributed by atoms with E-state index < -0.39 is 0 Å². The second kappa shape index (κ2) is 5.35. The van der Waals surface area contributed by atoms with Gasteiger partial charge in [-0.15, -0.1) is 0 Å². The third-order valence-corrected chi connectivity index (χ3v) is 4.73. The maximum atomic E-state index is 13.0. The molecule has 2 rings (SSSR count). The molecule has 0 spiro atoms. The highest BCUT2D eigenvalue weighted by atomic mass is 19.1. The van der Waals surface area contributed by atoms with Crippen LogP contribution in [0.2, 0.25) is 0 Å². The van der Waals surface area contributed by atoms with E-state index in [1.165, 1.54) is 12.3 Å². The van der Waals surface area contributed by atoms with E-state index in [0.717, 1.165) is 31.5 Å². The summed E-state index contributed by atoms with van der Waals surface area (Å²) >= 11 is 0. The van der Waals surface area contributed by atoms with Crippen LogP contribution in [0.25, 0.3) is 0 Å². The summed E-state index contributed by atoms with van der Waals surface area (Å²) in [5.74, 6) is 0.219. The Morgan fingerprint density at radius 3 is 2.56 bits per heavy atom. The number of nitrogens with one attached hydrogen (secondary N) is 1. The van der Waals surface area contributed by atoms with Gasteiger partial charge in [-0.05, 0) is 43.4 Å². The molecule has 1 aromatic heterocycles. The van der Waals surface area contributed by atoms with Crippen molar-refractivity contribution in [3.05, 3.63) is 29.8 Å². The highest BCUT2D eigenvalue weighted by molar-refractivity contribution is 5.23. The molecule has 1 fully saturated rings. The summed E-state index contributed by atoms with van der Waals surface area (Å²) in [5.41, 5.74) is 1.34. The fraction of sp³-hybridized carbons (Fsp3) is 0.667. The van der Waals surface area contributed by atoms with Crippen LogP contribution in [0.3, 0.4) is 0 Å². The van der Waals surface area contributed by atoms with Gasteiger partial charge in [-0.3, -0.25) is 4.98 Å². The maximum absolute atomic E-state index is 13.0. The molecule has 1 aliphatic rings. The van der Waals surface area contributed by atoms with Gasteiger partial charge in [0, 0.05) is 17.7 Å². The van der Waals surface area contributed by atoms with Crippen LogP contribution in [-0.4, -0.2) is 17.6 Å². The van der Waals surface area contributed by atoms with E-state index in [2.05, 4.69) is 31.1 Å². The van der Waals surface area contributed by atoms with Gasteiger partial charge in [-0.2, -0.15) is 0 Å². The first-order valence-electron chi connectivity index (χ1n) is 7.02. The van der Waals surface area contributed by atoms with E-state index in [-0.39, 0.29) is 5.82 Å². The van der Waals surface area contributed by atoms with Crippen molar-refractivity contribution in [2.45, 2.75) is 52.0 Å². The summed E-state index contributed by atoms with van der Waals surface area (Å²) < 4.78 is 13.0. The van der Waals surface area contributed by atoms with Crippen LogP contribution in [0.5, 0.6) is 0 Å². The van der Waals surface area contributed by atoms with E-state index in [1.807, 2.05) is 6.07 Å². The zero-order chi connectivity index (χ0) is 13.2. The van der Waals surface area contributed by atoms with Crippen LogP contribution in [0.15, 0.2) is 18.3 Å². The van der Waals surface area contributed by atoms with Crippen LogP contribution < -0.4 is 5.32 Å². The Morgan fingerprint density at radius 1 is 1.33 bits per heavy atom. The van der Waals surface area contributed by atoms with Crippen molar-refractivity contribution >= 4 is 0 Å². The number of hydrogen-bond donors (Lipinski definition) is 1. The fourth-order valence-electron chi connectivity index (χ4n) is 3.56. The van der Waals surface area contributed by atoms with Gasteiger partial charge in [0.15, 0.2) is 0 Å². The molecular formula is C15H23FN2. The van der Waals surface area contributed by atoms with Crippen molar-refractivity contribution in [1.29, 1.82) is 0 Å². The number of halogens is 1. The lowest BCUT2D eigenvalue weighted by Crippen LogP contribution is -2.58. The minimum Gasteiger partial charge on any atom is -0.314 e. The molecule has 1 heterocycles. The SMILES string of the molecule is CCNC1CC(c2ccc(F)cn2)C1(CC)CC. The molecule has 1 saturated carbocycles. The van der Waals surface area contributed by atoms with Crippen molar-refractivity contribution < 1.29 is 4.39 Å². The lowest BCUT2D eigenvalue weighted by atomic mass is 9.52. The molecule has 18 heavy (non-hydrogen) atoms. The predicted octanol–water partition coefficient (Wildman–Crippen LogP) is 3.49. The molecule has 0 aromatic carbocycles. The van der Waals surface area contributed by atoms with Crippen LogP contribution >= 0.6 is 0 Å². The zero-order valence-electron chi connectivity index (χ0n) is 11.5. The monoisotopic (exact) mass is 250 g/mol. The second-order valence-electron chi connectivity index (χ2n) is 5.24. The molecule has 1 aromatic rings.